The zero-order valence-electron chi connectivity index (χ0n) is 18.2. The third-order valence-corrected chi connectivity index (χ3v) is 6.71. The van der Waals surface area contributed by atoms with Crippen molar-refractivity contribution in [1.82, 2.24) is 29.6 Å². The van der Waals surface area contributed by atoms with Gasteiger partial charge >= 0.3 is 0 Å². The van der Waals surface area contributed by atoms with E-state index in [1.807, 2.05) is 48.2 Å². The molecule has 2 aliphatic rings. The molecule has 1 amide bonds. The van der Waals surface area contributed by atoms with Crippen molar-refractivity contribution in [2.24, 2.45) is 0 Å². The van der Waals surface area contributed by atoms with Crippen LogP contribution in [-0.2, 0) is 0 Å². The molecule has 7 nitrogen and oxygen atoms in total. The SMILES string of the molecule is Cc1nc2cc(C(=O)N3CCC(c4nc(C5CC5)n[nH]4)CC3)ccc2n1-c1ccccc1. The average molecular weight is 427 g/mol. The Morgan fingerprint density at radius 3 is 2.50 bits per heavy atom. The number of carbonyl (C=O) groups excluding carboxylic acids is 1. The maximum Gasteiger partial charge on any atom is 0.253 e. The minimum Gasteiger partial charge on any atom is -0.339 e. The molecule has 0 unspecified atom stereocenters. The summed E-state index contributed by atoms with van der Waals surface area (Å²) in [5.41, 5.74) is 3.64. The van der Waals surface area contributed by atoms with Gasteiger partial charge in [0.1, 0.15) is 11.6 Å². The van der Waals surface area contributed by atoms with E-state index < -0.39 is 0 Å². The molecule has 7 heteroatoms. The lowest BCUT2D eigenvalue weighted by Gasteiger charge is -2.31. The van der Waals surface area contributed by atoms with E-state index in [0.29, 0.717) is 17.4 Å². The fraction of sp³-hybridized carbons (Fsp3) is 0.360. The lowest BCUT2D eigenvalue weighted by atomic mass is 9.95. The lowest BCUT2D eigenvalue weighted by molar-refractivity contribution is 0.0711. The molecule has 6 rings (SSSR count). The molecule has 0 bridgehead atoms. The van der Waals surface area contributed by atoms with Gasteiger partial charge in [-0.15, -0.1) is 0 Å². The molecule has 162 valence electrons. The molecule has 0 radical (unpaired) electrons. The monoisotopic (exact) mass is 426 g/mol. The first kappa shape index (κ1) is 19.2. The van der Waals surface area contributed by atoms with Gasteiger partial charge in [-0.3, -0.25) is 14.5 Å². The van der Waals surface area contributed by atoms with E-state index in [9.17, 15) is 4.79 Å². The van der Waals surface area contributed by atoms with Crippen molar-refractivity contribution in [3.63, 3.8) is 0 Å². The zero-order valence-corrected chi connectivity index (χ0v) is 18.2. The van der Waals surface area contributed by atoms with Gasteiger partial charge in [0.05, 0.1) is 11.0 Å². The Morgan fingerprint density at radius 1 is 0.969 bits per heavy atom. The number of benzene rings is 2. The molecular formula is C25H26N6O. The summed E-state index contributed by atoms with van der Waals surface area (Å²) in [6, 6.07) is 16.0. The number of imidazole rings is 1. The smallest absolute Gasteiger partial charge is 0.253 e. The fourth-order valence-corrected chi connectivity index (χ4v) is 4.77. The number of nitrogens with zero attached hydrogens (tertiary/aromatic N) is 5. The predicted molar refractivity (Wildman–Crippen MR) is 122 cm³/mol. The van der Waals surface area contributed by atoms with Crippen LogP contribution in [-0.4, -0.2) is 48.6 Å². The third-order valence-electron chi connectivity index (χ3n) is 6.71. The summed E-state index contributed by atoms with van der Waals surface area (Å²) in [5.74, 6) is 3.86. The minimum absolute atomic E-state index is 0.0773. The number of aromatic amines is 1. The van der Waals surface area contributed by atoms with Gasteiger partial charge in [0.25, 0.3) is 5.91 Å². The van der Waals surface area contributed by atoms with Crippen molar-refractivity contribution in [1.29, 1.82) is 0 Å². The van der Waals surface area contributed by atoms with Gasteiger partial charge in [0, 0.05) is 36.2 Å². The van der Waals surface area contributed by atoms with Crippen LogP contribution >= 0.6 is 0 Å². The second kappa shape index (κ2) is 7.58. The molecule has 1 N–H and O–H groups in total. The van der Waals surface area contributed by atoms with Gasteiger partial charge in [-0.05, 0) is 62.9 Å². The standard InChI is InChI=1S/C25H26N6O/c1-16-26-21-15-19(9-10-22(21)31(16)20-5-3-2-4-6-20)25(32)30-13-11-18(12-14-30)24-27-23(28-29-24)17-7-8-17/h2-6,9-10,15,17-18H,7-8,11-14H2,1H3,(H,27,28,29). The first-order chi connectivity index (χ1) is 15.7. The number of fused-ring (bicyclic) bond motifs is 1. The summed E-state index contributed by atoms with van der Waals surface area (Å²) < 4.78 is 2.13. The first-order valence-corrected chi connectivity index (χ1v) is 11.4. The maximum absolute atomic E-state index is 13.2. The molecule has 2 aromatic carbocycles. The number of aryl methyl sites for hydroxylation is 1. The van der Waals surface area contributed by atoms with Crippen LogP contribution in [0.2, 0.25) is 0 Å². The molecule has 1 aliphatic heterocycles. The summed E-state index contributed by atoms with van der Waals surface area (Å²) in [6.45, 7) is 3.47. The molecular weight excluding hydrogens is 400 g/mol. The highest BCUT2D eigenvalue weighted by Gasteiger charge is 2.31. The first-order valence-electron chi connectivity index (χ1n) is 11.4. The molecule has 4 aromatic rings. The lowest BCUT2D eigenvalue weighted by Crippen LogP contribution is -2.38. The van der Waals surface area contributed by atoms with Crippen molar-refractivity contribution in [2.75, 3.05) is 13.1 Å². The number of para-hydroxylation sites is 1. The molecule has 2 fully saturated rings. The van der Waals surface area contributed by atoms with Gasteiger partial charge in [-0.25, -0.2) is 9.97 Å². The number of rotatable bonds is 4. The van der Waals surface area contributed by atoms with Crippen molar-refractivity contribution >= 4 is 16.9 Å². The van der Waals surface area contributed by atoms with E-state index >= 15 is 0 Å². The summed E-state index contributed by atoms with van der Waals surface area (Å²) >= 11 is 0. The quantitative estimate of drug-likeness (QED) is 0.526. The van der Waals surface area contributed by atoms with E-state index in [2.05, 4.69) is 26.9 Å². The normalized spacial score (nSPS) is 17.2. The van der Waals surface area contributed by atoms with E-state index in [1.165, 1.54) is 12.8 Å². The minimum atomic E-state index is 0.0773. The van der Waals surface area contributed by atoms with Crippen molar-refractivity contribution < 1.29 is 4.79 Å². The van der Waals surface area contributed by atoms with Gasteiger partial charge in [-0.2, -0.15) is 5.10 Å². The molecule has 32 heavy (non-hydrogen) atoms. The Hall–Kier alpha value is -3.48. The van der Waals surface area contributed by atoms with Crippen LogP contribution < -0.4 is 0 Å². The second-order valence-electron chi connectivity index (χ2n) is 8.95. The van der Waals surface area contributed by atoms with Crippen molar-refractivity contribution in [3.8, 4) is 5.69 Å². The number of piperidine rings is 1. The van der Waals surface area contributed by atoms with Gasteiger partial charge in [0.2, 0.25) is 0 Å². The third kappa shape index (κ3) is 3.38. The van der Waals surface area contributed by atoms with Crippen LogP contribution in [0, 0.1) is 6.92 Å². The zero-order chi connectivity index (χ0) is 21.7. The predicted octanol–water partition coefficient (Wildman–Crippen LogP) is 4.35. The Bertz CT molecular complexity index is 1280. The van der Waals surface area contributed by atoms with E-state index in [0.717, 1.165) is 60.1 Å². The highest BCUT2D eigenvalue weighted by atomic mass is 16.2. The van der Waals surface area contributed by atoms with E-state index in [1.54, 1.807) is 0 Å². The highest BCUT2D eigenvalue weighted by molar-refractivity contribution is 5.97. The van der Waals surface area contributed by atoms with Crippen LogP contribution in [0.4, 0.5) is 0 Å². The average Bonchev–Trinajstić information content (AvgIpc) is 3.46. The largest absolute Gasteiger partial charge is 0.339 e. The number of hydrogen-bond acceptors (Lipinski definition) is 4. The van der Waals surface area contributed by atoms with Crippen molar-refractivity contribution in [3.05, 3.63) is 71.6 Å². The van der Waals surface area contributed by atoms with Gasteiger partial charge < -0.3 is 4.90 Å². The molecule has 1 aliphatic carbocycles. The van der Waals surface area contributed by atoms with Gasteiger partial charge in [-0.1, -0.05) is 18.2 Å². The summed E-state index contributed by atoms with van der Waals surface area (Å²) in [4.78, 5) is 24.6. The highest BCUT2D eigenvalue weighted by Crippen LogP contribution is 2.38. The number of nitrogens with one attached hydrogen (secondary N) is 1. The molecule has 0 spiro atoms. The Kier molecular flexibility index (Phi) is 4.56. The molecule has 2 aromatic heterocycles. The molecule has 3 heterocycles. The Balaban J connectivity index is 1.18. The van der Waals surface area contributed by atoms with Gasteiger partial charge in [0.15, 0.2) is 5.82 Å². The van der Waals surface area contributed by atoms with Crippen LogP contribution in [0.3, 0.4) is 0 Å². The van der Waals surface area contributed by atoms with Crippen LogP contribution in [0.1, 0.15) is 65.4 Å². The number of H-pyrrole nitrogens is 1. The van der Waals surface area contributed by atoms with Crippen LogP contribution in [0.15, 0.2) is 48.5 Å². The van der Waals surface area contributed by atoms with Crippen LogP contribution in [0.25, 0.3) is 16.7 Å². The number of likely N-dealkylation sites (tertiary alicyclic amines) is 1. The molecule has 1 saturated heterocycles. The number of amides is 1. The fourth-order valence-electron chi connectivity index (χ4n) is 4.77. The van der Waals surface area contributed by atoms with E-state index in [-0.39, 0.29) is 5.91 Å². The second-order valence-corrected chi connectivity index (χ2v) is 8.95. The Labute approximate surface area is 186 Å². The number of aromatic nitrogens is 5. The number of hydrogen-bond donors (Lipinski definition) is 1. The summed E-state index contributed by atoms with van der Waals surface area (Å²) in [7, 11) is 0. The van der Waals surface area contributed by atoms with E-state index in [4.69, 9.17) is 9.97 Å². The summed E-state index contributed by atoms with van der Waals surface area (Å²) in [6.07, 6.45) is 4.24. The van der Waals surface area contributed by atoms with Crippen molar-refractivity contribution in [2.45, 2.75) is 44.4 Å². The van der Waals surface area contributed by atoms with Crippen LogP contribution in [0.5, 0.6) is 0 Å². The number of carbonyl (C=O) groups is 1. The molecule has 1 saturated carbocycles. The molecule has 0 atom stereocenters. The topological polar surface area (TPSA) is 79.7 Å². The maximum atomic E-state index is 13.2. The Morgan fingerprint density at radius 2 is 1.75 bits per heavy atom. The summed E-state index contributed by atoms with van der Waals surface area (Å²) in [5, 5.41) is 7.53.